The molecule has 2 aromatic heterocycles. The molecule has 0 atom stereocenters. The van der Waals surface area contributed by atoms with E-state index < -0.39 is 5.97 Å². The van der Waals surface area contributed by atoms with Gasteiger partial charge in [-0.25, -0.2) is 4.79 Å². The van der Waals surface area contributed by atoms with Crippen molar-refractivity contribution < 1.29 is 18.4 Å². The monoisotopic (exact) mass is 344 g/mol. The molecule has 7 heteroatoms. The lowest BCUT2D eigenvalue weighted by Gasteiger charge is -2.00. The predicted octanol–water partition coefficient (Wildman–Crippen LogP) is 4.03. The maximum atomic E-state index is 11.3. The van der Waals surface area contributed by atoms with Crippen molar-refractivity contribution in [3.05, 3.63) is 53.0 Å². The fourth-order valence-electron chi connectivity index (χ4n) is 2.06. The summed E-state index contributed by atoms with van der Waals surface area (Å²) in [5.41, 5.74) is 3.28. The van der Waals surface area contributed by atoms with Gasteiger partial charge in [-0.3, -0.25) is 0 Å². The normalized spacial score (nSPS) is 10.8. The molecule has 0 unspecified atom stereocenters. The van der Waals surface area contributed by atoms with E-state index in [-0.39, 0.29) is 5.76 Å². The summed E-state index contributed by atoms with van der Waals surface area (Å²) in [6.45, 7) is 4.10. The molecule has 0 aliphatic carbocycles. The number of methoxy groups -OCH3 is 1. The third kappa shape index (κ3) is 3.51. The molecular weight excluding hydrogens is 328 g/mol. The van der Waals surface area contributed by atoms with Gasteiger partial charge >= 0.3 is 5.97 Å². The summed E-state index contributed by atoms with van der Waals surface area (Å²) in [6, 6.07) is 9.31. The van der Waals surface area contributed by atoms with Crippen molar-refractivity contribution >= 4 is 17.7 Å². The van der Waals surface area contributed by atoms with E-state index in [1.165, 1.54) is 30.0 Å². The van der Waals surface area contributed by atoms with E-state index in [0.717, 1.165) is 5.56 Å². The lowest BCUT2D eigenvalue weighted by Crippen LogP contribution is -1.98. The van der Waals surface area contributed by atoms with Crippen LogP contribution in [0.4, 0.5) is 0 Å². The van der Waals surface area contributed by atoms with Crippen molar-refractivity contribution in [1.29, 1.82) is 0 Å². The number of hydrogen-bond acceptors (Lipinski definition) is 7. The van der Waals surface area contributed by atoms with E-state index >= 15 is 0 Å². The first-order chi connectivity index (χ1) is 11.6. The highest BCUT2D eigenvalue weighted by Crippen LogP contribution is 2.27. The summed E-state index contributed by atoms with van der Waals surface area (Å²) >= 11 is 1.34. The number of furan rings is 1. The molecule has 0 saturated heterocycles. The minimum absolute atomic E-state index is 0.175. The quantitative estimate of drug-likeness (QED) is 0.511. The minimum Gasteiger partial charge on any atom is -0.463 e. The Morgan fingerprint density at radius 2 is 1.96 bits per heavy atom. The van der Waals surface area contributed by atoms with Crippen LogP contribution >= 0.6 is 11.8 Å². The van der Waals surface area contributed by atoms with Gasteiger partial charge < -0.3 is 13.6 Å². The Labute approximate surface area is 143 Å². The van der Waals surface area contributed by atoms with Crippen molar-refractivity contribution in [2.45, 2.75) is 24.8 Å². The van der Waals surface area contributed by atoms with E-state index in [4.69, 9.17) is 8.83 Å². The molecule has 0 fully saturated rings. The largest absolute Gasteiger partial charge is 0.463 e. The van der Waals surface area contributed by atoms with Gasteiger partial charge in [0.25, 0.3) is 5.22 Å². The highest BCUT2D eigenvalue weighted by Gasteiger charge is 2.13. The van der Waals surface area contributed by atoms with Crippen LogP contribution in [-0.2, 0) is 10.5 Å². The number of rotatable bonds is 5. The number of benzene rings is 1. The first-order valence-corrected chi connectivity index (χ1v) is 8.26. The van der Waals surface area contributed by atoms with Gasteiger partial charge in [0, 0.05) is 5.56 Å². The van der Waals surface area contributed by atoms with Gasteiger partial charge in [0.1, 0.15) is 5.76 Å². The van der Waals surface area contributed by atoms with Crippen LogP contribution in [0.15, 0.2) is 44.4 Å². The Kier molecular flexibility index (Phi) is 4.71. The number of nitrogens with zero attached hydrogens (tertiary/aromatic N) is 2. The Morgan fingerprint density at radius 3 is 2.71 bits per heavy atom. The standard InChI is InChI=1S/C17H16N2O4S/c1-10-4-5-12(8-11(10)2)15-18-19-17(23-15)24-9-13-6-7-14(22-13)16(20)21-3/h4-8H,9H2,1-3H3. The number of carbonyl (C=O) groups excluding carboxylic acids is 1. The summed E-state index contributed by atoms with van der Waals surface area (Å²) < 4.78 is 15.7. The zero-order chi connectivity index (χ0) is 17.1. The van der Waals surface area contributed by atoms with Crippen LogP contribution in [0.1, 0.15) is 27.4 Å². The van der Waals surface area contributed by atoms with Crippen LogP contribution in [0.3, 0.4) is 0 Å². The Balaban J connectivity index is 1.67. The predicted molar refractivity (Wildman–Crippen MR) is 88.8 cm³/mol. The van der Waals surface area contributed by atoms with Gasteiger partial charge in [0.05, 0.1) is 12.9 Å². The zero-order valence-corrected chi connectivity index (χ0v) is 14.3. The summed E-state index contributed by atoms with van der Waals surface area (Å²) in [4.78, 5) is 11.3. The molecule has 0 N–H and O–H groups in total. The number of hydrogen-bond donors (Lipinski definition) is 0. The SMILES string of the molecule is COC(=O)c1ccc(CSc2nnc(-c3ccc(C)c(C)c3)o2)o1. The number of aromatic nitrogens is 2. The van der Waals surface area contributed by atoms with Crippen LogP contribution in [0, 0.1) is 13.8 Å². The summed E-state index contributed by atoms with van der Waals surface area (Å²) in [6.07, 6.45) is 0. The molecule has 0 aliphatic heterocycles. The highest BCUT2D eigenvalue weighted by molar-refractivity contribution is 7.98. The van der Waals surface area contributed by atoms with Crippen molar-refractivity contribution in [3.8, 4) is 11.5 Å². The molecule has 24 heavy (non-hydrogen) atoms. The van der Waals surface area contributed by atoms with Crippen molar-refractivity contribution in [2.75, 3.05) is 7.11 Å². The molecule has 3 rings (SSSR count). The van der Waals surface area contributed by atoms with E-state index in [2.05, 4.69) is 21.9 Å². The summed E-state index contributed by atoms with van der Waals surface area (Å²) in [7, 11) is 1.31. The number of esters is 1. The zero-order valence-electron chi connectivity index (χ0n) is 13.5. The van der Waals surface area contributed by atoms with Crippen LogP contribution in [0.5, 0.6) is 0 Å². The van der Waals surface area contributed by atoms with Crippen LogP contribution in [-0.4, -0.2) is 23.3 Å². The third-order valence-corrected chi connectivity index (χ3v) is 4.39. The second kappa shape index (κ2) is 6.92. The number of carbonyl (C=O) groups is 1. The molecule has 0 radical (unpaired) electrons. The average Bonchev–Trinajstić information content (AvgIpc) is 3.24. The molecule has 124 valence electrons. The van der Waals surface area contributed by atoms with E-state index in [1.54, 1.807) is 12.1 Å². The number of ether oxygens (including phenoxy) is 1. The Morgan fingerprint density at radius 1 is 1.12 bits per heavy atom. The first kappa shape index (κ1) is 16.3. The molecule has 1 aromatic carbocycles. The first-order valence-electron chi connectivity index (χ1n) is 7.28. The van der Waals surface area contributed by atoms with E-state index in [9.17, 15) is 4.79 Å². The van der Waals surface area contributed by atoms with Crippen molar-refractivity contribution in [2.24, 2.45) is 0 Å². The Hall–Kier alpha value is -2.54. The minimum atomic E-state index is -0.499. The van der Waals surface area contributed by atoms with Gasteiger partial charge in [-0.1, -0.05) is 17.8 Å². The molecule has 0 aliphatic rings. The van der Waals surface area contributed by atoms with Gasteiger partial charge in [-0.05, 0) is 49.2 Å². The molecule has 0 bridgehead atoms. The molecular formula is C17H16N2O4S. The van der Waals surface area contributed by atoms with Crippen LogP contribution in [0.25, 0.3) is 11.5 Å². The van der Waals surface area contributed by atoms with Gasteiger partial charge in [0.2, 0.25) is 11.7 Å². The topological polar surface area (TPSA) is 78.4 Å². The summed E-state index contributed by atoms with van der Waals surface area (Å²) in [5, 5.41) is 8.55. The molecule has 3 aromatic rings. The fraction of sp³-hybridized carbons (Fsp3) is 0.235. The Bertz CT molecular complexity index is 869. The maximum Gasteiger partial charge on any atom is 0.373 e. The second-order valence-electron chi connectivity index (χ2n) is 5.22. The van der Waals surface area contributed by atoms with E-state index in [1.807, 2.05) is 25.1 Å². The number of thioether (sulfide) groups is 1. The molecule has 0 spiro atoms. The molecule has 2 heterocycles. The summed E-state index contributed by atoms with van der Waals surface area (Å²) in [5.74, 6) is 1.27. The lowest BCUT2D eigenvalue weighted by atomic mass is 10.1. The molecule has 0 amide bonds. The lowest BCUT2D eigenvalue weighted by molar-refractivity contribution is 0.0563. The highest BCUT2D eigenvalue weighted by atomic mass is 32.2. The van der Waals surface area contributed by atoms with Crippen LogP contribution in [0.2, 0.25) is 0 Å². The van der Waals surface area contributed by atoms with Crippen molar-refractivity contribution in [3.63, 3.8) is 0 Å². The molecule has 6 nitrogen and oxygen atoms in total. The van der Waals surface area contributed by atoms with Gasteiger partial charge in [-0.2, -0.15) is 0 Å². The van der Waals surface area contributed by atoms with Gasteiger partial charge in [0.15, 0.2) is 0 Å². The number of aryl methyl sites for hydroxylation is 2. The average molecular weight is 344 g/mol. The van der Waals surface area contributed by atoms with Crippen LogP contribution < -0.4 is 0 Å². The smallest absolute Gasteiger partial charge is 0.373 e. The third-order valence-electron chi connectivity index (χ3n) is 3.55. The second-order valence-corrected chi connectivity index (χ2v) is 6.14. The maximum absolute atomic E-state index is 11.3. The fourth-order valence-corrected chi connectivity index (χ4v) is 2.72. The van der Waals surface area contributed by atoms with Crippen molar-refractivity contribution in [1.82, 2.24) is 10.2 Å². The van der Waals surface area contributed by atoms with Gasteiger partial charge in [-0.15, -0.1) is 10.2 Å². The molecule has 0 saturated carbocycles. The van der Waals surface area contributed by atoms with E-state index in [0.29, 0.717) is 22.6 Å².